The van der Waals surface area contributed by atoms with E-state index in [1.165, 1.54) is 11.8 Å². The zero-order chi connectivity index (χ0) is 20.2. The lowest BCUT2D eigenvalue weighted by Gasteiger charge is -2.18. The van der Waals surface area contributed by atoms with Crippen LogP contribution < -0.4 is 15.7 Å². The Kier molecular flexibility index (Phi) is 5.71. The number of nitrogens with one attached hydrogen (secondary N) is 2. The van der Waals surface area contributed by atoms with E-state index in [1.54, 1.807) is 4.57 Å². The minimum atomic E-state index is -0.571. The predicted octanol–water partition coefficient (Wildman–Crippen LogP) is 3.78. The van der Waals surface area contributed by atoms with Gasteiger partial charge in [0.1, 0.15) is 11.0 Å². The fraction of sp³-hybridized carbons (Fsp3) is 0.286. The van der Waals surface area contributed by atoms with Crippen LogP contribution in [0.3, 0.4) is 0 Å². The average molecular weight is 410 g/mol. The lowest BCUT2D eigenvalue weighted by molar-refractivity contribution is -0.115. The van der Waals surface area contributed by atoms with Crippen molar-refractivity contribution in [3.05, 3.63) is 70.6 Å². The lowest BCUT2D eigenvalue weighted by atomic mass is 10.1. The number of H-pyrrole nitrogens is 1. The molecule has 1 aliphatic rings. The quantitative estimate of drug-likeness (QED) is 0.552. The summed E-state index contributed by atoms with van der Waals surface area (Å²) in [5.41, 5.74) is 1.22. The second kappa shape index (κ2) is 8.57. The van der Waals surface area contributed by atoms with Gasteiger partial charge >= 0.3 is 5.69 Å². The second-order valence-electron chi connectivity index (χ2n) is 6.74. The maximum absolute atomic E-state index is 13.3. The number of thioether (sulfide) groups is 1. The molecule has 1 aromatic heterocycles. The largest absolute Gasteiger partial charge is 0.492 e. The first kappa shape index (κ1) is 19.3. The molecular formula is C21H22N4O3S. The molecule has 1 saturated carbocycles. The van der Waals surface area contributed by atoms with E-state index in [4.69, 9.17) is 4.74 Å². The summed E-state index contributed by atoms with van der Waals surface area (Å²) < 4.78 is 7.27. The Labute approximate surface area is 172 Å². The number of nitrogens with zero attached hydrogens (tertiary/aromatic N) is 2. The molecule has 8 heteroatoms. The van der Waals surface area contributed by atoms with Crippen LogP contribution in [0.25, 0.3) is 0 Å². The third-order valence-corrected chi connectivity index (χ3v) is 5.81. The van der Waals surface area contributed by atoms with Gasteiger partial charge in [-0.2, -0.15) is 0 Å². The molecule has 29 heavy (non-hydrogen) atoms. The highest BCUT2D eigenvalue weighted by Crippen LogP contribution is 2.40. The van der Waals surface area contributed by atoms with Crippen molar-refractivity contribution in [1.82, 2.24) is 14.8 Å². The molecule has 0 bridgehead atoms. The smallest absolute Gasteiger partial charge is 0.344 e. The van der Waals surface area contributed by atoms with E-state index in [-0.39, 0.29) is 17.6 Å². The van der Waals surface area contributed by atoms with Crippen LogP contribution in [0.1, 0.15) is 36.6 Å². The topological polar surface area (TPSA) is 89.0 Å². The Morgan fingerprint density at radius 1 is 1.24 bits per heavy atom. The predicted molar refractivity (Wildman–Crippen MR) is 112 cm³/mol. The van der Waals surface area contributed by atoms with Crippen LogP contribution in [0.2, 0.25) is 0 Å². The van der Waals surface area contributed by atoms with Gasteiger partial charge in [-0.25, -0.2) is 9.89 Å². The van der Waals surface area contributed by atoms with Gasteiger partial charge in [0.15, 0.2) is 5.16 Å². The standard InChI is InChI=1S/C21H22N4O3S/c1-2-28-17-11-7-6-10-16(17)22-19(26)18(14-8-4-3-5-9-14)29-21-24-23-20(27)25(21)15-12-13-15/h3-11,15,18H,2,12-13H2,1H3,(H,22,26)(H,23,27)/t18-/m1/s1. The van der Waals surface area contributed by atoms with Gasteiger partial charge in [-0.1, -0.05) is 54.2 Å². The number of aromatic nitrogens is 3. The molecule has 4 rings (SSSR count). The first-order chi connectivity index (χ1) is 14.2. The van der Waals surface area contributed by atoms with Crippen molar-refractivity contribution in [2.24, 2.45) is 0 Å². The molecule has 0 aliphatic heterocycles. The number of carbonyl (C=O) groups excluding carboxylic acids is 1. The summed E-state index contributed by atoms with van der Waals surface area (Å²) >= 11 is 1.27. The van der Waals surface area contributed by atoms with Gasteiger partial charge in [-0.05, 0) is 37.5 Å². The van der Waals surface area contributed by atoms with Crippen LogP contribution in [0.5, 0.6) is 5.75 Å². The van der Waals surface area contributed by atoms with Crippen LogP contribution in [0.4, 0.5) is 5.69 Å². The van der Waals surface area contributed by atoms with Gasteiger partial charge in [0.05, 0.1) is 12.3 Å². The fourth-order valence-corrected chi connectivity index (χ4v) is 4.20. The van der Waals surface area contributed by atoms with Crippen molar-refractivity contribution >= 4 is 23.4 Å². The number of ether oxygens (including phenoxy) is 1. The van der Waals surface area contributed by atoms with Crippen molar-refractivity contribution in [1.29, 1.82) is 0 Å². The molecule has 0 radical (unpaired) electrons. The number of carbonyl (C=O) groups is 1. The lowest BCUT2D eigenvalue weighted by Crippen LogP contribution is -2.21. The van der Waals surface area contributed by atoms with Crippen LogP contribution in [-0.4, -0.2) is 27.3 Å². The Bertz CT molecular complexity index is 1040. The maximum Gasteiger partial charge on any atom is 0.344 e. The fourth-order valence-electron chi connectivity index (χ4n) is 3.08. The number of para-hydroxylation sites is 2. The summed E-state index contributed by atoms with van der Waals surface area (Å²) in [5.74, 6) is 0.418. The summed E-state index contributed by atoms with van der Waals surface area (Å²) in [4.78, 5) is 25.4. The molecule has 1 aliphatic carbocycles. The Morgan fingerprint density at radius 3 is 2.69 bits per heavy atom. The molecule has 3 aromatic rings. The molecule has 150 valence electrons. The van der Waals surface area contributed by atoms with Gasteiger partial charge in [-0.15, -0.1) is 5.10 Å². The third kappa shape index (κ3) is 4.37. The summed E-state index contributed by atoms with van der Waals surface area (Å²) in [6.07, 6.45) is 1.91. The third-order valence-electron chi connectivity index (χ3n) is 4.59. The molecule has 0 saturated heterocycles. The molecule has 1 fully saturated rings. The number of hydrogen-bond donors (Lipinski definition) is 2. The minimum Gasteiger partial charge on any atom is -0.492 e. The SMILES string of the molecule is CCOc1ccccc1NC(=O)[C@H](Sc1n[nH]c(=O)n1C1CC1)c1ccccc1. The Hall–Kier alpha value is -3.00. The zero-order valence-corrected chi connectivity index (χ0v) is 16.8. The summed E-state index contributed by atoms with van der Waals surface area (Å²) in [6, 6.07) is 17.0. The Morgan fingerprint density at radius 2 is 1.97 bits per heavy atom. The van der Waals surface area contributed by atoms with Crippen LogP contribution in [0.15, 0.2) is 64.5 Å². The highest BCUT2D eigenvalue weighted by atomic mass is 32.2. The van der Waals surface area contributed by atoms with Gasteiger partial charge < -0.3 is 10.1 Å². The first-order valence-corrected chi connectivity index (χ1v) is 10.5. The maximum atomic E-state index is 13.3. The van der Waals surface area contributed by atoms with Crippen LogP contribution in [0, 0.1) is 0 Å². The van der Waals surface area contributed by atoms with Crippen molar-refractivity contribution in [2.45, 2.75) is 36.2 Å². The van der Waals surface area contributed by atoms with Crippen molar-refractivity contribution < 1.29 is 9.53 Å². The first-order valence-electron chi connectivity index (χ1n) is 9.58. The highest BCUT2D eigenvalue weighted by molar-refractivity contribution is 8.00. The molecule has 0 spiro atoms. The minimum absolute atomic E-state index is 0.168. The van der Waals surface area contributed by atoms with Crippen LogP contribution >= 0.6 is 11.8 Å². The monoisotopic (exact) mass is 410 g/mol. The molecular weight excluding hydrogens is 388 g/mol. The summed E-state index contributed by atoms with van der Waals surface area (Å²) in [6.45, 7) is 2.40. The number of rotatable bonds is 8. The van der Waals surface area contributed by atoms with Crippen LogP contribution in [-0.2, 0) is 4.79 Å². The second-order valence-corrected chi connectivity index (χ2v) is 7.81. The number of anilines is 1. The summed E-state index contributed by atoms with van der Waals surface area (Å²) in [7, 11) is 0. The average Bonchev–Trinajstić information content (AvgIpc) is 3.51. The van der Waals surface area contributed by atoms with Gasteiger partial charge in [0, 0.05) is 6.04 Å². The number of amides is 1. The normalized spacial score (nSPS) is 14.4. The number of aromatic amines is 1. The van der Waals surface area contributed by atoms with Crippen molar-refractivity contribution in [3.8, 4) is 5.75 Å². The van der Waals surface area contributed by atoms with Gasteiger partial charge in [-0.3, -0.25) is 9.36 Å². The molecule has 2 N–H and O–H groups in total. The molecule has 7 nitrogen and oxygen atoms in total. The van der Waals surface area contributed by atoms with Crippen molar-refractivity contribution in [2.75, 3.05) is 11.9 Å². The van der Waals surface area contributed by atoms with Crippen molar-refractivity contribution in [3.63, 3.8) is 0 Å². The van der Waals surface area contributed by atoms with E-state index in [0.717, 1.165) is 18.4 Å². The van der Waals surface area contributed by atoms with E-state index in [2.05, 4.69) is 15.5 Å². The summed E-state index contributed by atoms with van der Waals surface area (Å²) in [5, 5.41) is 9.61. The van der Waals surface area contributed by atoms with E-state index in [1.807, 2.05) is 61.5 Å². The highest BCUT2D eigenvalue weighted by Gasteiger charge is 2.32. The zero-order valence-electron chi connectivity index (χ0n) is 16.0. The van der Waals surface area contributed by atoms with Gasteiger partial charge in [0.25, 0.3) is 0 Å². The molecule has 1 amide bonds. The van der Waals surface area contributed by atoms with E-state index in [9.17, 15) is 9.59 Å². The Balaban J connectivity index is 1.63. The van der Waals surface area contributed by atoms with Gasteiger partial charge in [0.2, 0.25) is 5.91 Å². The molecule has 1 heterocycles. The molecule has 0 unspecified atom stereocenters. The number of benzene rings is 2. The van der Waals surface area contributed by atoms with E-state index < -0.39 is 5.25 Å². The number of hydrogen-bond acceptors (Lipinski definition) is 5. The molecule has 1 atom stereocenters. The molecule has 2 aromatic carbocycles. The van der Waals surface area contributed by atoms with E-state index in [0.29, 0.717) is 23.2 Å². The van der Waals surface area contributed by atoms with E-state index >= 15 is 0 Å².